The topological polar surface area (TPSA) is 90.2 Å². The SMILES string of the molecule is COC(=O)Cn1nnnc1/C=C1\CN(C(C(=O)C2CC2)c2ccccc2F)CCC1S.Cl. The van der Waals surface area contributed by atoms with E-state index in [4.69, 9.17) is 0 Å². The van der Waals surface area contributed by atoms with Crippen LogP contribution in [-0.2, 0) is 20.9 Å². The summed E-state index contributed by atoms with van der Waals surface area (Å²) in [5.74, 6) is -0.371. The number of rotatable bonds is 7. The number of aromatic nitrogens is 4. The molecule has 0 N–H and O–H groups in total. The van der Waals surface area contributed by atoms with Gasteiger partial charge in [0.25, 0.3) is 0 Å². The van der Waals surface area contributed by atoms with Gasteiger partial charge in [0.1, 0.15) is 12.4 Å². The molecule has 1 aromatic carbocycles. The van der Waals surface area contributed by atoms with Crippen LogP contribution in [0.2, 0.25) is 0 Å². The maximum Gasteiger partial charge on any atom is 0.327 e. The average Bonchev–Trinajstić information content (AvgIpc) is 3.53. The van der Waals surface area contributed by atoms with Crippen LogP contribution >= 0.6 is 25.0 Å². The van der Waals surface area contributed by atoms with Crippen molar-refractivity contribution in [3.8, 4) is 0 Å². The molecule has 2 fully saturated rings. The van der Waals surface area contributed by atoms with E-state index in [9.17, 15) is 14.0 Å². The van der Waals surface area contributed by atoms with E-state index in [2.05, 4.69) is 32.9 Å². The highest BCUT2D eigenvalue weighted by Crippen LogP contribution is 2.39. The summed E-state index contributed by atoms with van der Waals surface area (Å²) >= 11 is 4.69. The van der Waals surface area contributed by atoms with E-state index >= 15 is 0 Å². The van der Waals surface area contributed by atoms with Crippen molar-refractivity contribution in [1.29, 1.82) is 0 Å². The maximum absolute atomic E-state index is 14.6. The van der Waals surface area contributed by atoms with Gasteiger partial charge in [0.15, 0.2) is 11.6 Å². The van der Waals surface area contributed by atoms with Crippen molar-refractivity contribution in [2.45, 2.75) is 37.1 Å². The lowest BCUT2D eigenvalue weighted by Gasteiger charge is -2.37. The molecule has 0 spiro atoms. The number of tetrazole rings is 1. The van der Waals surface area contributed by atoms with Crippen molar-refractivity contribution in [3.05, 3.63) is 47.0 Å². The third kappa shape index (κ3) is 5.36. The molecular formula is C21H25ClFN5O3S. The standard InChI is InChI=1S/C21H24FN5O3S.ClH/c1-30-19(28)12-27-18(23-24-25-27)10-14-11-26(9-8-17(14)31)20(21(29)13-6-7-13)15-4-2-3-5-16(15)22;/h2-5,10,13,17,20,31H,6-9,11-12H2,1H3;1H/b14-10+;. The Morgan fingerprint density at radius 2 is 2.06 bits per heavy atom. The number of methoxy groups -OCH3 is 1. The number of ether oxygens (including phenoxy) is 1. The Hall–Kier alpha value is -2.30. The Morgan fingerprint density at radius 1 is 1.31 bits per heavy atom. The minimum Gasteiger partial charge on any atom is -0.468 e. The van der Waals surface area contributed by atoms with Gasteiger partial charge in [0.05, 0.1) is 13.2 Å². The molecule has 172 valence electrons. The summed E-state index contributed by atoms with van der Waals surface area (Å²) in [7, 11) is 1.30. The smallest absolute Gasteiger partial charge is 0.327 e. The number of benzene rings is 1. The third-order valence-electron chi connectivity index (χ3n) is 5.70. The van der Waals surface area contributed by atoms with Gasteiger partial charge < -0.3 is 4.74 Å². The largest absolute Gasteiger partial charge is 0.468 e. The van der Waals surface area contributed by atoms with Gasteiger partial charge in [-0.15, -0.1) is 17.5 Å². The quantitative estimate of drug-likeness (QED) is 0.480. The minimum atomic E-state index is -0.635. The van der Waals surface area contributed by atoms with Crippen LogP contribution in [0.4, 0.5) is 4.39 Å². The number of piperidine rings is 1. The molecule has 2 aromatic rings. The van der Waals surface area contributed by atoms with Gasteiger partial charge in [-0.3, -0.25) is 14.5 Å². The number of hydrogen-bond acceptors (Lipinski definition) is 8. The zero-order chi connectivity index (χ0) is 22.0. The van der Waals surface area contributed by atoms with Crippen molar-refractivity contribution in [3.63, 3.8) is 0 Å². The summed E-state index contributed by atoms with van der Waals surface area (Å²) in [6.45, 7) is 0.939. The zero-order valence-electron chi connectivity index (χ0n) is 17.6. The Kier molecular flexibility index (Phi) is 8.02. The molecule has 1 saturated heterocycles. The van der Waals surface area contributed by atoms with Crippen LogP contribution in [-0.4, -0.2) is 62.3 Å². The number of esters is 1. The number of Topliss-reactive ketones (excluding diaryl/α,β-unsaturated/α-hetero) is 1. The molecule has 1 aliphatic carbocycles. The minimum absolute atomic E-state index is 0. The van der Waals surface area contributed by atoms with E-state index in [1.54, 1.807) is 24.3 Å². The van der Waals surface area contributed by atoms with E-state index < -0.39 is 12.0 Å². The molecule has 1 saturated carbocycles. The first-order valence-electron chi connectivity index (χ1n) is 10.2. The molecule has 4 rings (SSSR count). The van der Waals surface area contributed by atoms with Gasteiger partial charge in [0, 0.05) is 29.8 Å². The van der Waals surface area contributed by atoms with Gasteiger partial charge >= 0.3 is 5.97 Å². The number of hydrogen-bond donors (Lipinski definition) is 1. The van der Waals surface area contributed by atoms with Crippen LogP contribution < -0.4 is 0 Å². The summed E-state index contributed by atoms with van der Waals surface area (Å²) in [5, 5.41) is 11.4. The number of carbonyl (C=O) groups excluding carboxylic acids is 2. The monoisotopic (exact) mass is 481 g/mol. The Balaban J connectivity index is 0.00000289. The van der Waals surface area contributed by atoms with Crippen LogP contribution in [0.1, 0.15) is 36.7 Å². The number of carbonyl (C=O) groups is 2. The summed E-state index contributed by atoms with van der Waals surface area (Å²) in [4.78, 5) is 26.7. The second kappa shape index (κ2) is 10.5. The predicted octanol–water partition coefficient (Wildman–Crippen LogP) is 2.51. The highest BCUT2D eigenvalue weighted by Gasteiger charge is 2.40. The first-order chi connectivity index (χ1) is 15.0. The van der Waals surface area contributed by atoms with E-state index in [0.717, 1.165) is 18.4 Å². The molecule has 2 atom stereocenters. The fourth-order valence-electron chi connectivity index (χ4n) is 3.85. The second-order valence-electron chi connectivity index (χ2n) is 7.87. The van der Waals surface area contributed by atoms with Crippen LogP contribution in [0.25, 0.3) is 6.08 Å². The number of likely N-dealkylation sites (tertiary alicyclic amines) is 1. The summed E-state index contributed by atoms with van der Waals surface area (Å²) < 4.78 is 20.7. The van der Waals surface area contributed by atoms with Crippen LogP contribution in [0.3, 0.4) is 0 Å². The summed E-state index contributed by atoms with van der Waals surface area (Å²) in [5.41, 5.74) is 1.31. The van der Waals surface area contributed by atoms with Crippen molar-refractivity contribution in [2.24, 2.45) is 5.92 Å². The van der Waals surface area contributed by atoms with Crippen molar-refractivity contribution < 1.29 is 18.7 Å². The lowest BCUT2D eigenvalue weighted by atomic mass is 9.93. The Labute approximate surface area is 197 Å². The van der Waals surface area contributed by atoms with Gasteiger partial charge in [-0.2, -0.15) is 12.6 Å². The first kappa shape index (κ1) is 24.3. The van der Waals surface area contributed by atoms with E-state index in [0.29, 0.717) is 30.9 Å². The highest BCUT2D eigenvalue weighted by molar-refractivity contribution is 7.81. The summed E-state index contributed by atoms with van der Waals surface area (Å²) in [6, 6.07) is 5.83. The molecule has 8 nitrogen and oxygen atoms in total. The lowest BCUT2D eigenvalue weighted by Crippen LogP contribution is -2.42. The number of nitrogens with zero attached hydrogens (tertiary/aromatic N) is 5. The van der Waals surface area contributed by atoms with Gasteiger partial charge in [0.2, 0.25) is 0 Å². The predicted molar refractivity (Wildman–Crippen MR) is 121 cm³/mol. The number of thiol groups is 1. The third-order valence-corrected chi connectivity index (χ3v) is 6.29. The fourth-order valence-corrected chi connectivity index (χ4v) is 4.12. The van der Waals surface area contributed by atoms with Crippen LogP contribution in [0, 0.1) is 11.7 Å². The van der Waals surface area contributed by atoms with Crippen LogP contribution in [0.15, 0.2) is 29.8 Å². The van der Waals surface area contributed by atoms with Gasteiger partial charge in [-0.05, 0) is 47.4 Å². The molecule has 2 unspecified atom stereocenters. The molecule has 11 heteroatoms. The molecular weight excluding hydrogens is 457 g/mol. The second-order valence-corrected chi connectivity index (χ2v) is 8.49. The summed E-state index contributed by atoms with van der Waals surface area (Å²) in [6.07, 6.45) is 4.19. The normalized spacial score (nSPS) is 21.1. The molecule has 2 heterocycles. The molecule has 2 aliphatic rings. The number of halogens is 2. The number of ketones is 1. The van der Waals surface area contributed by atoms with Crippen molar-refractivity contribution >= 4 is 42.9 Å². The van der Waals surface area contributed by atoms with E-state index in [1.165, 1.54) is 17.9 Å². The average molecular weight is 482 g/mol. The Bertz CT molecular complexity index is 1010. The lowest BCUT2D eigenvalue weighted by molar-refractivity contribution is -0.141. The first-order valence-corrected chi connectivity index (χ1v) is 10.7. The molecule has 32 heavy (non-hydrogen) atoms. The van der Waals surface area contributed by atoms with Crippen LogP contribution in [0.5, 0.6) is 0 Å². The van der Waals surface area contributed by atoms with Gasteiger partial charge in [-0.1, -0.05) is 18.2 Å². The van der Waals surface area contributed by atoms with Gasteiger partial charge in [-0.25, -0.2) is 9.07 Å². The maximum atomic E-state index is 14.6. The Morgan fingerprint density at radius 3 is 2.75 bits per heavy atom. The van der Waals surface area contributed by atoms with E-state index in [-0.39, 0.29) is 41.7 Å². The van der Waals surface area contributed by atoms with E-state index in [1.807, 2.05) is 4.90 Å². The molecule has 1 aliphatic heterocycles. The molecule has 0 bridgehead atoms. The fraction of sp³-hybridized carbons (Fsp3) is 0.476. The molecule has 0 amide bonds. The molecule has 0 radical (unpaired) electrons. The highest BCUT2D eigenvalue weighted by atomic mass is 35.5. The molecule has 1 aromatic heterocycles. The van der Waals surface area contributed by atoms with Crippen molar-refractivity contribution in [2.75, 3.05) is 20.2 Å². The van der Waals surface area contributed by atoms with Crippen molar-refractivity contribution in [1.82, 2.24) is 25.1 Å². The zero-order valence-corrected chi connectivity index (χ0v) is 19.3.